The van der Waals surface area contributed by atoms with Crippen molar-refractivity contribution in [2.24, 2.45) is 5.92 Å². The van der Waals surface area contributed by atoms with E-state index in [9.17, 15) is 18.0 Å². The molecule has 0 aromatic heterocycles. The summed E-state index contributed by atoms with van der Waals surface area (Å²) in [5, 5.41) is 0. The molecule has 1 aromatic rings. The molecule has 0 N–H and O–H groups in total. The van der Waals surface area contributed by atoms with Crippen LogP contribution in [-0.4, -0.2) is 23.9 Å². The second kappa shape index (κ2) is 4.57. The van der Waals surface area contributed by atoms with Crippen LogP contribution in [-0.2, 0) is 4.79 Å². The first-order chi connectivity index (χ1) is 8.36. The Bertz CT molecular complexity index is 455. The van der Waals surface area contributed by atoms with Gasteiger partial charge in [0, 0.05) is 0 Å². The van der Waals surface area contributed by atoms with E-state index in [0.717, 1.165) is 0 Å². The zero-order valence-corrected chi connectivity index (χ0v) is 11.0. The van der Waals surface area contributed by atoms with Crippen molar-refractivity contribution >= 4 is 21.7 Å². The fourth-order valence-electron chi connectivity index (χ4n) is 2.11. The maximum absolute atomic E-state index is 12.8. The zero-order valence-electron chi connectivity index (χ0n) is 9.37. The summed E-state index contributed by atoms with van der Waals surface area (Å²) in [5.74, 6) is -2.65. The summed E-state index contributed by atoms with van der Waals surface area (Å²) in [4.78, 5) is 10.5. The van der Waals surface area contributed by atoms with Gasteiger partial charge in [-0.1, -0.05) is 28.1 Å². The molecule has 1 saturated carbocycles. The molecular weight excluding hydrogens is 313 g/mol. The number of ketones is 1. The molecule has 6 heteroatoms. The van der Waals surface area contributed by atoms with Crippen LogP contribution in [0.1, 0.15) is 11.5 Å². The number of alkyl halides is 4. The van der Waals surface area contributed by atoms with Crippen molar-refractivity contribution in [3.8, 4) is 5.75 Å². The summed E-state index contributed by atoms with van der Waals surface area (Å²) < 4.78 is 43.3. The largest absolute Gasteiger partial charge is 0.497 e. The van der Waals surface area contributed by atoms with Crippen molar-refractivity contribution < 1.29 is 22.7 Å². The maximum atomic E-state index is 12.8. The van der Waals surface area contributed by atoms with Crippen LogP contribution >= 0.6 is 15.9 Å². The number of hydrogen-bond donors (Lipinski definition) is 0. The van der Waals surface area contributed by atoms with Crippen LogP contribution in [0, 0.1) is 5.92 Å². The van der Waals surface area contributed by atoms with E-state index in [1.54, 1.807) is 12.1 Å². The average molecular weight is 323 g/mol. The molecule has 3 atom stereocenters. The first kappa shape index (κ1) is 13.4. The third-order valence-electron chi connectivity index (χ3n) is 3.11. The summed E-state index contributed by atoms with van der Waals surface area (Å²) in [7, 11) is 1.47. The van der Waals surface area contributed by atoms with Crippen molar-refractivity contribution in [2.45, 2.75) is 16.9 Å². The van der Waals surface area contributed by atoms with E-state index >= 15 is 0 Å². The maximum Gasteiger partial charge on any atom is 0.394 e. The van der Waals surface area contributed by atoms with Crippen LogP contribution in [0.4, 0.5) is 13.2 Å². The van der Waals surface area contributed by atoms with E-state index in [0.29, 0.717) is 11.3 Å². The minimum atomic E-state index is -4.38. The number of benzene rings is 1. The topological polar surface area (TPSA) is 26.3 Å². The molecule has 1 aromatic carbocycles. The predicted molar refractivity (Wildman–Crippen MR) is 63.0 cm³/mol. The number of carbonyl (C=O) groups is 1. The van der Waals surface area contributed by atoms with E-state index in [4.69, 9.17) is 4.74 Å². The number of methoxy groups -OCH3 is 1. The highest BCUT2D eigenvalue weighted by molar-refractivity contribution is 9.10. The van der Waals surface area contributed by atoms with Gasteiger partial charge in [-0.3, -0.25) is 4.79 Å². The second-order valence-corrected chi connectivity index (χ2v) is 5.11. The highest BCUT2D eigenvalue weighted by Crippen LogP contribution is 2.51. The third-order valence-corrected chi connectivity index (χ3v) is 4.13. The van der Waals surface area contributed by atoms with Gasteiger partial charge in [0.25, 0.3) is 0 Å². The molecule has 1 aliphatic carbocycles. The lowest BCUT2D eigenvalue weighted by atomic mass is 9.68. The van der Waals surface area contributed by atoms with Crippen LogP contribution in [0.5, 0.6) is 5.75 Å². The first-order valence-electron chi connectivity index (χ1n) is 5.24. The number of halogens is 4. The molecule has 1 aliphatic rings. The summed E-state index contributed by atoms with van der Waals surface area (Å²) in [6.45, 7) is 0. The Morgan fingerprint density at radius 2 is 1.78 bits per heavy atom. The highest BCUT2D eigenvalue weighted by Gasteiger charge is 2.61. The van der Waals surface area contributed by atoms with Gasteiger partial charge >= 0.3 is 6.18 Å². The average Bonchev–Trinajstić information content (AvgIpc) is 2.33. The van der Waals surface area contributed by atoms with Crippen molar-refractivity contribution in [1.82, 2.24) is 0 Å². The lowest BCUT2D eigenvalue weighted by Crippen LogP contribution is -2.53. The summed E-state index contributed by atoms with van der Waals surface area (Å²) in [5.41, 5.74) is 0.374. The molecule has 0 bridgehead atoms. The van der Waals surface area contributed by atoms with Gasteiger partial charge in [0.2, 0.25) is 0 Å². The van der Waals surface area contributed by atoms with Gasteiger partial charge in [-0.2, -0.15) is 13.2 Å². The van der Waals surface area contributed by atoms with E-state index in [-0.39, 0.29) is 0 Å². The SMILES string of the molecule is COc1ccc(C2C(=O)[C@@H](Br)[C@H]2C(F)(F)F)cc1. The predicted octanol–water partition coefficient (Wildman–Crippen LogP) is 3.30. The minimum absolute atomic E-state index is 0.374. The van der Waals surface area contributed by atoms with Crippen molar-refractivity contribution in [1.29, 1.82) is 0 Å². The van der Waals surface area contributed by atoms with Crippen LogP contribution in [0.25, 0.3) is 0 Å². The lowest BCUT2D eigenvalue weighted by molar-refractivity contribution is -0.198. The molecule has 2 rings (SSSR count). The molecular formula is C12H10BrF3O2. The molecule has 0 spiro atoms. The molecule has 98 valence electrons. The van der Waals surface area contributed by atoms with Crippen LogP contribution in [0.2, 0.25) is 0 Å². The number of Topliss-reactive ketones (excluding diaryl/α,β-unsaturated/α-hetero) is 1. The van der Waals surface area contributed by atoms with Gasteiger partial charge < -0.3 is 4.74 Å². The molecule has 0 amide bonds. The monoisotopic (exact) mass is 322 g/mol. The first-order valence-corrected chi connectivity index (χ1v) is 6.16. The molecule has 1 unspecified atom stereocenters. The number of ether oxygens (including phenoxy) is 1. The van der Waals surface area contributed by atoms with Gasteiger partial charge in [-0.15, -0.1) is 0 Å². The molecule has 0 heterocycles. The summed E-state index contributed by atoms with van der Waals surface area (Å²) in [6.07, 6.45) is -4.38. The van der Waals surface area contributed by atoms with Crippen molar-refractivity contribution in [3.63, 3.8) is 0 Å². The molecule has 0 aliphatic heterocycles. The molecule has 0 saturated heterocycles. The van der Waals surface area contributed by atoms with Crippen molar-refractivity contribution in [3.05, 3.63) is 29.8 Å². The Balaban J connectivity index is 2.28. The van der Waals surface area contributed by atoms with Gasteiger partial charge in [-0.25, -0.2) is 0 Å². The van der Waals surface area contributed by atoms with Gasteiger partial charge in [0.1, 0.15) is 5.75 Å². The fraction of sp³-hybridized carbons (Fsp3) is 0.417. The Morgan fingerprint density at radius 1 is 1.22 bits per heavy atom. The van der Waals surface area contributed by atoms with E-state index in [1.165, 1.54) is 19.2 Å². The number of carbonyl (C=O) groups excluding carboxylic acids is 1. The standard InChI is InChI=1S/C12H10BrF3O2/c1-18-7-4-2-6(3-5-7)8-9(12(14,15)16)10(13)11(8)17/h2-5,8-10H,1H3/t8?,9-,10-/m0/s1. The fourth-order valence-corrected chi connectivity index (χ4v) is 3.00. The number of hydrogen-bond acceptors (Lipinski definition) is 2. The highest BCUT2D eigenvalue weighted by atomic mass is 79.9. The van der Waals surface area contributed by atoms with Crippen LogP contribution in [0.15, 0.2) is 24.3 Å². The summed E-state index contributed by atoms with van der Waals surface area (Å²) >= 11 is 2.80. The quantitative estimate of drug-likeness (QED) is 0.781. The molecule has 0 radical (unpaired) electrons. The third kappa shape index (κ3) is 2.13. The Morgan fingerprint density at radius 3 is 2.22 bits per heavy atom. The molecule has 18 heavy (non-hydrogen) atoms. The minimum Gasteiger partial charge on any atom is -0.497 e. The van der Waals surface area contributed by atoms with E-state index in [1.807, 2.05) is 0 Å². The zero-order chi connectivity index (χ0) is 13.5. The molecule has 1 fully saturated rings. The number of rotatable bonds is 2. The van der Waals surface area contributed by atoms with E-state index in [2.05, 4.69) is 15.9 Å². The van der Waals surface area contributed by atoms with Gasteiger partial charge in [-0.05, 0) is 17.7 Å². The van der Waals surface area contributed by atoms with Gasteiger partial charge in [0.15, 0.2) is 5.78 Å². The lowest BCUT2D eigenvalue weighted by Gasteiger charge is -2.41. The summed E-state index contributed by atoms with van der Waals surface area (Å²) in [6, 6.07) is 6.10. The Labute approximate surface area is 110 Å². The Kier molecular flexibility index (Phi) is 3.40. The van der Waals surface area contributed by atoms with Crippen molar-refractivity contribution in [2.75, 3.05) is 7.11 Å². The molecule has 2 nitrogen and oxygen atoms in total. The van der Waals surface area contributed by atoms with Gasteiger partial charge in [0.05, 0.1) is 23.8 Å². The second-order valence-electron chi connectivity index (χ2n) is 4.12. The van der Waals surface area contributed by atoms with E-state index < -0.39 is 28.6 Å². The Hall–Kier alpha value is -1.04. The smallest absolute Gasteiger partial charge is 0.394 e. The normalized spacial score (nSPS) is 27.8. The van der Waals surface area contributed by atoms with Crippen LogP contribution in [0.3, 0.4) is 0 Å². The van der Waals surface area contributed by atoms with Crippen LogP contribution < -0.4 is 4.74 Å².